The number of aliphatic hydroxyl groups is 1. The van der Waals surface area contributed by atoms with Crippen molar-refractivity contribution in [3.05, 3.63) is 22.7 Å². The number of likely N-dealkylation sites (tertiary alicyclic amines) is 1. The number of hydrogen-bond acceptors (Lipinski definition) is 4. The molecule has 0 bridgehead atoms. The van der Waals surface area contributed by atoms with E-state index >= 15 is 0 Å². The first-order valence-corrected chi connectivity index (χ1v) is 7.58. The number of piperidine rings is 1. The number of rotatable bonds is 2. The quantitative estimate of drug-likeness (QED) is 0.910. The van der Waals surface area contributed by atoms with Gasteiger partial charge in [0.05, 0.1) is 24.3 Å². The van der Waals surface area contributed by atoms with Gasteiger partial charge >= 0.3 is 0 Å². The standard InChI is InChI=1S/C15H20ClNO3/c16-13-7-11(9-17-4-1-3-12(18)10-17)8-14-15(13)20-6-2-5-19-14/h7-8,12,18H,1-6,9-10H2/t12-/m0/s1. The normalized spacial score (nSPS) is 23.4. The highest BCUT2D eigenvalue weighted by molar-refractivity contribution is 6.32. The van der Waals surface area contributed by atoms with Crippen LogP contribution in [0.15, 0.2) is 12.1 Å². The van der Waals surface area contributed by atoms with Crippen molar-refractivity contribution in [1.29, 1.82) is 0 Å². The van der Waals surface area contributed by atoms with E-state index in [1.165, 1.54) is 0 Å². The predicted molar refractivity (Wildman–Crippen MR) is 77.6 cm³/mol. The Labute approximate surface area is 124 Å². The van der Waals surface area contributed by atoms with Crippen LogP contribution in [0, 0.1) is 0 Å². The molecule has 4 nitrogen and oxygen atoms in total. The summed E-state index contributed by atoms with van der Waals surface area (Å²) in [7, 11) is 0. The first kappa shape index (κ1) is 14.0. The highest BCUT2D eigenvalue weighted by Gasteiger charge is 2.20. The zero-order chi connectivity index (χ0) is 13.9. The lowest BCUT2D eigenvalue weighted by Gasteiger charge is -2.30. The number of β-amino-alcohol motifs (C(OH)–C–C–N with tert-alkyl or cyclic N) is 1. The van der Waals surface area contributed by atoms with E-state index in [2.05, 4.69) is 4.90 Å². The molecule has 20 heavy (non-hydrogen) atoms. The average molecular weight is 298 g/mol. The molecule has 3 rings (SSSR count). The Kier molecular flexibility index (Phi) is 4.34. The largest absolute Gasteiger partial charge is 0.489 e. The zero-order valence-corrected chi connectivity index (χ0v) is 12.2. The first-order chi connectivity index (χ1) is 9.72. The minimum atomic E-state index is -0.209. The van der Waals surface area contributed by atoms with Gasteiger partial charge in [0.15, 0.2) is 11.5 Å². The van der Waals surface area contributed by atoms with E-state index in [0.717, 1.165) is 50.2 Å². The molecule has 5 heteroatoms. The molecule has 0 amide bonds. The third-order valence-electron chi connectivity index (χ3n) is 3.75. The van der Waals surface area contributed by atoms with Crippen LogP contribution in [0.3, 0.4) is 0 Å². The smallest absolute Gasteiger partial charge is 0.179 e. The number of halogens is 1. The monoisotopic (exact) mass is 297 g/mol. The van der Waals surface area contributed by atoms with Crippen LogP contribution in [0.25, 0.3) is 0 Å². The lowest BCUT2D eigenvalue weighted by Crippen LogP contribution is -2.37. The van der Waals surface area contributed by atoms with Crippen LogP contribution >= 0.6 is 11.6 Å². The fraction of sp³-hybridized carbons (Fsp3) is 0.600. The van der Waals surface area contributed by atoms with Crippen LogP contribution in [0.5, 0.6) is 11.5 Å². The Hall–Kier alpha value is -0.970. The Morgan fingerprint density at radius 2 is 2.10 bits per heavy atom. The molecular formula is C15H20ClNO3. The van der Waals surface area contributed by atoms with Gasteiger partial charge in [-0.3, -0.25) is 4.90 Å². The highest BCUT2D eigenvalue weighted by Crippen LogP contribution is 2.38. The molecule has 1 N–H and O–H groups in total. The van der Waals surface area contributed by atoms with Crippen molar-refractivity contribution in [3.8, 4) is 11.5 Å². The molecule has 0 spiro atoms. The first-order valence-electron chi connectivity index (χ1n) is 7.21. The maximum atomic E-state index is 9.73. The van der Waals surface area contributed by atoms with Crippen LogP contribution in [0.1, 0.15) is 24.8 Å². The molecule has 2 heterocycles. The van der Waals surface area contributed by atoms with Gasteiger partial charge in [0.2, 0.25) is 0 Å². The van der Waals surface area contributed by atoms with E-state index in [9.17, 15) is 5.11 Å². The maximum Gasteiger partial charge on any atom is 0.179 e. The van der Waals surface area contributed by atoms with Gasteiger partial charge in [0.1, 0.15) is 0 Å². The van der Waals surface area contributed by atoms with Crippen molar-refractivity contribution in [2.24, 2.45) is 0 Å². The second-order valence-corrected chi connectivity index (χ2v) is 5.89. The fourth-order valence-corrected chi connectivity index (χ4v) is 3.10. The fourth-order valence-electron chi connectivity index (χ4n) is 2.81. The molecule has 0 radical (unpaired) electrons. The highest BCUT2D eigenvalue weighted by atomic mass is 35.5. The molecule has 1 fully saturated rings. The Morgan fingerprint density at radius 1 is 1.25 bits per heavy atom. The number of nitrogens with zero attached hydrogens (tertiary/aromatic N) is 1. The topological polar surface area (TPSA) is 41.9 Å². The van der Waals surface area contributed by atoms with Crippen LogP contribution in [0.4, 0.5) is 0 Å². The van der Waals surface area contributed by atoms with Crippen LogP contribution < -0.4 is 9.47 Å². The molecule has 1 saturated heterocycles. The molecule has 0 aliphatic carbocycles. The second-order valence-electron chi connectivity index (χ2n) is 5.49. The summed E-state index contributed by atoms with van der Waals surface area (Å²) in [4.78, 5) is 2.25. The van der Waals surface area contributed by atoms with Crippen molar-refractivity contribution >= 4 is 11.6 Å². The predicted octanol–water partition coefficient (Wildman–Crippen LogP) is 2.46. The van der Waals surface area contributed by atoms with E-state index < -0.39 is 0 Å². The summed E-state index contributed by atoms with van der Waals surface area (Å²) in [5.41, 5.74) is 1.10. The van der Waals surface area contributed by atoms with E-state index in [4.69, 9.17) is 21.1 Å². The number of fused-ring (bicyclic) bond motifs is 1. The van der Waals surface area contributed by atoms with Crippen LogP contribution in [0.2, 0.25) is 5.02 Å². The molecule has 1 aromatic carbocycles. The van der Waals surface area contributed by atoms with Gasteiger partial charge in [-0.2, -0.15) is 0 Å². The summed E-state index contributed by atoms with van der Waals surface area (Å²) in [6.07, 6.45) is 2.61. The van der Waals surface area contributed by atoms with Crippen LogP contribution in [-0.4, -0.2) is 42.4 Å². The SMILES string of the molecule is O[C@H]1CCCN(Cc2cc(Cl)c3c(c2)OCCCO3)C1. The molecule has 1 aromatic rings. The number of aliphatic hydroxyl groups excluding tert-OH is 1. The van der Waals surface area contributed by atoms with E-state index in [0.29, 0.717) is 24.0 Å². The Morgan fingerprint density at radius 3 is 2.95 bits per heavy atom. The van der Waals surface area contributed by atoms with E-state index in [1.807, 2.05) is 12.1 Å². The van der Waals surface area contributed by atoms with Crippen molar-refractivity contribution < 1.29 is 14.6 Å². The number of ether oxygens (including phenoxy) is 2. The van der Waals surface area contributed by atoms with Gasteiger partial charge < -0.3 is 14.6 Å². The second kappa shape index (κ2) is 6.20. The molecular weight excluding hydrogens is 278 g/mol. The van der Waals surface area contributed by atoms with Gasteiger partial charge in [-0.25, -0.2) is 0 Å². The van der Waals surface area contributed by atoms with Crippen molar-refractivity contribution in [2.75, 3.05) is 26.3 Å². The lowest BCUT2D eigenvalue weighted by atomic mass is 10.1. The summed E-state index contributed by atoms with van der Waals surface area (Å²) >= 11 is 6.29. The molecule has 2 aliphatic rings. The van der Waals surface area contributed by atoms with Crippen molar-refractivity contribution in [1.82, 2.24) is 4.90 Å². The van der Waals surface area contributed by atoms with Gasteiger partial charge in [-0.15, -0.1) is 0 Å². The average Bonchev–Trinajstić information content (AvgIpc) is 2.64. The zero-order valence-electron chi connectivity index (χ0n) is 11.5. The molecule has 0 unspecified atom stereocenters. The lowest BCUT2D eigenvalue weighted by molar-refractivity contribution is 0.0668. The Bertz CT molecular complexity index is 480. The molecule has 0 saturated carbocycles. The van der Waals surface area contributed by atoms with Gasteiger partial charge in [-0.1, -0.05) is 11.6 Å². The number of benzene rings is 1. The van der Waals surface area contributed by atoms with Crippen LogP contribution in [-0.2, 0) is 6.54 Å². The molecule has 110 valence electrons. The molecule has 0 aromatic heterocycles. The summed E-state index contributed by atoms with van der Waals surface area (Å²) in [5.74, 6) is 1.40. The van der Waals surface area contributed by atoms with Gasteiger partial charge in [0.25, 0.3) is 0 Å². The third-order valence-corrected chi connectivity index (χ3v) is 4.03. The van der Waals surface area contributed by atoms with Gasteiger partial charge in [-0.05, 0) is 37.1 Å². The minimum Gasteiger partial charge on any atom is -0.489 e. The summed E-state index contributed by atoms with van der Waals surface area (Å²) in [5, 5.41) is 10.3. The van der Waals surface area contributed by atoms with Gasteiger partial charge in [0, 0.05) is 19.5 Å². The van der Waals surface area contributed by atoms with E-state index in [-0.39, 0.29) is 6.10 Å². The summed E-state index contributed by atoms with van der Waals surface area (Å²) in [6, 6.07) is 3.95. The molecule has 2 aliphatic heterocycles. The van der Waals surface area contributed by atoms with E-state index in [1.54, 1.807) is 0 Å². The third kappa shape index (κ3) is 3.19. The maximum absolute atomic E-state index is 9.73. The molecule has 1 atom stereocenters. The summed E-state index contributed by atoms with van der Waals surface area (Å²) < 4.78 is 11.3. The number of hydrogen-bond donors (Lipinski definition) is 1. The Balaban J connectivity index is 1.76. The van der Waals surface area contributed by atoms with Crippen molar-refractivity contribution in [3.63, 3.8) is 0 Å². The minimum absolute atomic E-state index is 0.209. The van der Waals surface area contributed by atoms with Crippen molar-refractivity contribution in [2.45, 2.75) is 31.9 Å². The summed E-state index contributed by atoms with van der Waals surface area (Å²) in [6.45, 7) is 3.84.